The molecule has 1 aliphatic rings. The topological polar surface area (TPSA) is 78.7 Å². The van der Waals surface area contributed by atoms with Crippen molar-refractivity contribution in [2.75, 3.05) is 33.7 Å². The lowest BCUT2D eigenvalue weighted by Crippen LogP contribution is -2.57. The first-order valence-corrected chi connectivity index (χ1v) is 6.89. The molecule has 21 heavy (non-hydrogen) atoms. The van der Waals surface area contributed by atoms with E-state index >= 15 is 0 Å². The summed E-state index contributed by atoms with van der Waals surface area (Å²) in [6.07, 6.45) is 0. The van der Waals surface area contributed by atoms with E-state index in [0.717, 1.165) is 6.54 Å². The number of carbonyl (C=O) groups is 1. The highest BCUT2D eigenvalue weighted by atomic mass is 16.6. The van der Waals surface area contributed by atoms with Gasteiger partial charge in [0.2, 0.25) is 5.91 Å². The summed E-state index contributed by atoms with van der Waals surface area (Å²) in [4.78, 5) is 26.5. The summed E-state index contributed by atoms with van der Waals surface area (Å²) in [7, 11) is 3.44. The second-order valence-corrected chi connectivity index (χ2v) is 5.31. The molecule has 1 atom stereocenters. The van der Waals surface area contributed by atoms with Crippen molar-refractivity contribution in [3.8, 4) is 0 Å². The van der Waals surface area contributed by atoms with Gasteiger partial charge in [-0.1, -0.05) is 18.2 Å². The number of benzene rings is 1. The van der Waals surface area contributed by atoms with Crippen LogP contribution in [0.5, 0.6) is 0 Å². The van der Waals surface area contributed by atoms with Crippen molar-refractivity contribution in [1.82, 2.24) is 15.1 Å². The number of rotatable bonds is 4. The van der Waals surface area contributed by atoms with Crippen LogP contribution in [-0.2, 0) is 11.3 Å². The lowest BCUT2D eigenvalue weighted by atomic mass is 10.1. The number of nitrogens with zero attached hydrogens (tertiary/aromatic N) is 3. The molecule has 0 spiro atoms. The maximum absolute atomic E-state index is 12.2. The van der Waals surface area contributed by atoms with Crippen LogP contribution in [-0.4, -0.2) is 60.4 Å². The van der Waals surface area contributed by atoms with Gasteiger partial charge in [0.25, 0.3) is 5.69 Å². The molecule has 1 heterocycles. The van der Waals surface area contributed by atoms with Crippen molar-refractivity contribution in [2.45, 2.75) is 12.6 Å². The van der Waals surface area contributed by atoms with E-state index in [0.29, 0.717) is 25.2 Å². The fourth-order valence-corrected chi connectivity index (χ4v) is 2.52. The summed E-state index contributed by atoms with van der Waals surface area (Å²) in [5.74, 6) is 0.0146. The largest absolute Gasteiger partial charge is 0.347 e. The van der Waals surface area contributed by atoms with Gasteiger partial charge in [-0.25, -0.2) is 0 Å². The number of likely N-dealkylation sites (N-methyl/N-ethyl adjacent to an activating group) is 1. The maximum Gasteiger partial charge on any atom is 0.273 e. The number of carbonyl (C=O) groups excluding carboxylic acids is 1. The molecule has 1 aliphatic heterocycles. The predicted molar refractivity (Wildman–Crippen MR) is 78.9 cm³/mol. The van der Waals surface area contributed by atoms with E-state index in [1.54, 1.807) is 37.2 Å². The molecule has 1 saturated heterocycles. The standard InChI is InChI=1S/C14H20N4O3/c1-16(2)14(19)13-9-15-7-8-17(13)10-11-5-3-4-6-12(11)18(20)21/h3-6,13,15H,7-10H2,1-2H3. The lowest BCUT2D eigenvalue weighted by Gasteiger charge is -2.36. The molecule has 1 fully saturated rings. The van der Waals surface area contributed by atoms with Crippen molar-refractivity contribution >= 4 is 11.6 Å². The van der Waals surface area contributed by atoms with Crippen LogP contribution in [0.3, 0.4) is 0 Å². The zero-order valence-corrected chi connectivity index (χ0v) is 12.3. The molecule has 0 saturated carbocycles. The number of hydrogen-bond acceptors (Lipinski definition) is 5. The molecule has 0 aromatic heterocycles. The van der Waals surface area contributed by atoms with Crippen LogP contribution in [0.4, 0.5) is 5.69 Å². The van der Waals surface area contributed by atoms with E-state index in [1.807, 2.05) is 4.90 Å². The summed E-state index contributed by atoms with van der Waals surface area (Å²) < 4.78 is 0. The predicted octanol–water partition coefficient (Wildman–Crippen LogP) is 0.457. The molecular formula is C14H20N4O3. The van der Waals surface area contributed by atoms with Gasteiger partial charge in [0.15, 0.2) is 0 Å². The van der Waals surface area contributed by atoms with Crippen LogP contribution < -0.4 is 5.32 Å². The average molecular weight is 292 g/mol. The molecule has 1 amide bonds. The fraction of sp³-hybridized carbons (Fsp3) is 0.500. The minimum atomic E-state index is -0.375. The molecule has 7 heteroatoms. The first kappa shape index (κ1) is 15.4. The molecule has 1 unspecified atom stereocenters. The van der Waals surface area contributed by atoms with Crippen molar-refractivity contribution in [3.05, 3.63) is 39.9 Å². The van der Waals surface area contributed by atoms with Crippen LogP contribution in [0, 0.1) is 10.1 Å². The summed E-state index contributed by atoms with van der Waals surface area (Å²) in [5, 5.41) is 14.3. The highest BCUT2D eigenvalue weighted by molar-refractivity contribution is 5.81. The molecule has 1 N–H and O–H groups in total. The Bertz CT molecular complexity index is 533. The first-order valence-electron chi connectivity index (χ1n) is 6.89. The quantitative estimate of drug-likeness (QED) is 0.644. The number of hydrogen-bond donors (Lipinski definition) is 1. The van der Waals surface area contributed by atoms with E-state index in [1.165, 1.54) is 6.07 Å². The van der Waals surface area contributed by atoms with E-state index < -0.39 is 0 Å². The molecule has 114 valence electrons. The van der Waals surface area contributed by atoms with Gasteiger partial charge in [-0.15, -0.1) is 0 Å². The zero-order chi connectivity index (χ0) is 15.4. The van der Waals surface area contributed by atoms with Crippen molar-refractivity contribution in [2.24, 2.45) is 0 Å². The fourth-order valence-electron chi connectivity index (χ4n) is 2.52. The molecule has 0 bridgehead atoms. The van der Waals surface area contributed by atoms with E-state index in [-0.39, 0.29) is 22.6 Å². The van der Waals surface area contributed by atoms with E-state index in [2.05, 4.69) is 5.32 Å². The third kappa shape index (κ3) is 3.56. The Balaban J connectivity index is 2.20. The Morgan fingerprint density at radius 1 is 1.48 bits per heavy atom. The van der Waals surface area contributed by atoms with E-state index in [4.69, 9.17) is 0 Å². The van der Waals surface area contributed by atoms with Crippen LogP contribution in [0.1, 0.15) is 5.56 Å². The molecule has 0 aliphatic carbocycles. The van der Waals surface area contributed by atoms with E-state index in [9.17, 15) is 14.9 Å². The van der Waals surface area contributed by atoms with Gasteiger partial charge in [0.1, 0.15) is 6.04 Å². The normalized spacial score (nSPS) is 19.2. The maximum atomic E-state index is 12.2. The number of nitro benzene ring substituents is 1. The minimum Gasteiger partial charge on any atom is -0.347 e. The highest BCUT2D eigenvalue weighted by Gasteiger charge is 2.30. The van der Waals surface area contributed by atoms with Gasteiger partial charge in [0, 0.05) is 51.9 Å². The lowest BCUT2D eigenvalue weighted by molar-refractivity contribution is -0.385. The summed E-state index contributed by atoms with van der Waals surface area (Å²) in [6.45, 7) is 2.44. The van der Waals surface area contributed by atoms with Crippen LogP contribution in [0.2, 0.25) is 0 Å². The van der Waals surface area contributed by atoms with Gasteiger partial charge in [-0.05, 0) is 0 Å². The van der Waals surface area contributed by atoms with Crippen molar-refractivity contribution < 1.29 is 9.72 Å². The van der Waals surface area contributed by atoms with Crippen LogP contribution in [0.25, 0.3) is 0 Å². The minimum absolute atomic E-state index is 0.0146. The molecular weight excluding hydrogens is 272 g/mol. The zero-order valence-electron chi connectivity index (χ0n) is 12.3. The first-order chi connectivity index (χ1) is 10.0. The Morgan fingerprint density at radius 2 is 2.19 bits per heavy atom. The second-order valence-electron chi connectivity index (χ2n) is 5.31. The monoisotopic (exact) mass is 292 g/mol. The van der Waals surface area contributed by atoms with Crippen molar-refractivity contribution in [1.29, 1.82) is 0 Å². The molecule has 7 nitrogen and oxygen atoms in total. The SMILES string of the molecule is CN(C)C(=O)C1CNCCN1Cc1ccccc1[N+](=O)[O-]. The summed E-state index contributed by atoms with van der Waals surface area (Å²) >= 11 is 0. The summed E-state index contributed by atoms with van der Waals surface area (Å²) in [5.41, 5.74) is 0.744. The number of nitro groups is 1. The summed E-state index contributed by atoms with van der Waals surface area (Å²) in [6, 6.07) is 6.40. The Hall–Kier alpha value is -1.99. The number of piperazine rings is 1. The Kier molecular flexibility index (Phi) is 4.87. The highest BCUT2D eigenvalue weighted by Crippen LogP contribution is 2.21. The molecule has 1 aromatic carbocycles. The Morgan fingerprint density at radius 3 is 2.86 bits per heavy atom. The Labute approximate surface area is 123 Å². The van der Waals surface area contributed by atoms with Crippen LogP contribution >= 0.6 is 0 Å². The molecule has 2 rings (SSSR count). The number of nitrogens with one attached hydrogen (secondary N) is 1. The average Bonchev–Trinajstić information content (AvgIpc) is 2.47. The smallest absolute Gasteiger partial charge is 0.273 e. The number of amides is 1. The van der Waals surface area contributed by atoms with Crippen molar-refractivity contribution in [3.63, 3.8) is 0 Å². The third-order valence-electron chi connectivity index (χ3n) is 3.64. The van der Waals surface area contributed by atoms with Gasteiger partial charge >= 0.3 is 0 Å². The van der Waals surface area contributed by atoms with Gasteiger partial charge in [-0.2, -0.15) is 0 Å². The van der Waals surface area contributed by atoms with Gasteiger partial charge < -0.3 is 10.2 Å². The van der Waals surface area contributed by atoms with Gasteiger partial charge in [0.05, 0.1) is 4.92 Å². The number of para-hydroxylation sites is 1. The third-order valence-corrected chi connectivity index (χ3v) is 3.64. The molecule has 0 radical (unpaired) electrons. The second kappa shape index (κ2) is 6.64. The molecule has 1 aromatic rings. The van der Waals surface area contributed by atoms with Gasteiger partial charge in [-0.3, -0.25) is 19.8 Å². The van der Waals surface area contributed by atoms with Crippen LogP contribution in [0.15, 0.2) is 24.3 Å².